The summed E-state index contributed by atoms with van der Waals surface area (Å²) in [5.74, 6) is 1.17. The van der Waals surface area contributed by atoms with Crippen LogP contribution in [0.1, 0.15) is 34.9 Å². The van der Waals surface area contributed by atoms with E-state index in [0.717, 1.165) is 40.7 Å². The lowest BCUT2D eigenvalue weighted by Crippen LogP contribution is -2.39. The summed E-state index contributed by atoms with van der Waals surface area (Å²) in [5, 5.41) is 0.477. The number of aromatic nitrogens is 2. The van der Waals surface area contributed by atoms with Crippen molar-refractivity contribution in [2.45, 2.75) is 18.8 Å². The molecule has 6 heteroatoms. The second-order valence-electron chi connectivity index (χ2n) is 6.35. The van der Waals surface area contributed by atoms with Crippen LogP contribution in [0.15, 0.2) is 46.9 Å². The molecule has 25 heavy (non-hydrogen) atoms. The highest BCUT2D eigenvalue weighted by atomic mass is 79.9. The number of carbonyl (C=O) groups is 1. The standard InChI is InChI=1S/C19H17BrClN3O/c20-13-7-8-14(15(21)10-13)19(25)24-9-3-4-12(11-24)18-22-16-5-1-2-6-17(16)23-18/h1-2,5-8,10,12H,3-4,9,11H2,(H,22,23). The quantitative estimate of drug-likeness (QED) is 0.637. The van der Waals surface area contributed by atoms with Gasteiger partial charge in [-0.05, 0) is 43.2 Å². The molecular weight excluding hydrogens is 402 g/mol. The van der Waals surface area contributed by atoms with Crippen molar-refractivity contribution in [1.82, 2.24) is 14.9 Å². The molecule has 1 N–H and O–H groups in total. The van der Waals surface area contributed by atoms with E-state index >= 15 is 0 Å². The molecule has 3 aromatic rings. The fourth-order valence-corrected chi connectivity index (χ4v) is 4.14. The molecule has 1 aliphatic heterocycles. The first kappa shape index (κ1) is 16.6. The van der Waals surface area contributed by atoms with Crippen LogP contribution in [0.25, 0.3) is 11.0 Å². The molecule has 1 aliphatic rings. The number of carbonyl (C=O) groups excluding carboxylic acids is 1. The van der Waals surface area contributed by atoms with Crippen molar-refractivity contribution in [3.63, 3.8) is 0 Å². The SMILES string of the molecule is O=C(c1ccc(Br)cc1Cl)N1CCCC(c2nc3ccccc3[nH]2)C1. The number of H-pyrrole nitrogens is 1. The molecule has 0 aliphatic carbocycles. The molecule has 1 amide bonds. The van der Waals surface area contributed by atoms with Gasteiger partial charge >= 0.3 is 0 Å². The number of para-hydroxylation sites is 2. The van der Waals surface area contributed by atoms with Crippen molar-refractivity contribution < 1.29 is 4.79 Å². The molecule has 128 valence electrons. The second kappa shape index (κ2) is 6.81. The van der Waals surface area contributed by atoms with E-state index in [4.69, 9.17) is 16.6 Å². The maximum absolute atomic E-state index is 12.9. The average Bonchev–Trinajstić information content (AvgIpc) is 3.05. The second-order valence-corrected chi connectivity index (χ2v) is 7.68. The number of rotatable bonds is 2. The van der Waals surface area contributed by atoms with Crippen LogP contribution in [0.2, 0.25) is 5.02 Å². The summed E-state index contributed by atoms with van der Waals surface area (Å²) in [6, 6.07) is 13.4. The Labute approximate surface area is 159 Å². The monoisotopic (exact) mass is 417 g/mol. The van der Waals surface area contributed by atoms with E-state index in [9.17, 15) is 4.79 Å². The third kappa shape index (κ3) is 3.31. The number of nitrogens with one attached hydrogen (secondary N) is 1. The zero-order valence-electron chi connectivity index (χ0n) is 13.5. The third-order valence-corrected chi connectivity index (χ3v) is 5.47. The maximum Gasteiger partial charge on any atom is 0.255 e. The van der Waals surface area contributed by atoms with Gasteiger partial charge in [-0.2, -0.15) is 0 Å². The molecule has 4 nitrogen and oxygen atoms in total. The number of imidazole rings is 1. The molecule has 0 spiro atoms. The van der Waals surface area contributed by atoms with Crippen LogP contribution in [0.3, 0.4) is 0 Å². The highest BCUT2D eigenvalue weighted by Gasteiger charge is 2.28. The Kier molecular flexibility index (Phi) is 4.52. The molecule has 1 saturated heterocycles. The van der Waals surface area contributed by atoms with E-state index in [1.807, 2.05) is 35.2 Å². The third-order valence-electron chi connectivity index (χ3n) is 4.66. The maximum atomic E-state index is 12.9. The lowest BCUT2D eigenvalue weighted by Gasteiger charge is -2.32. The minimum atomic E-state index is -0.0155. The topological polar surface area (TPSA) is 49.0 Å². The normalized spacial score (nSPS) is 17.8. The molecule has 1 fully saturated rings. The molecule has 1 unspecified atom stereocenters. The van der Waals surface area contributed by atoms with Gasteiger partial charge in [-0.15, -0.1) is 0 Å². The van der Waals surface area contributed by atoms with Crippen LogP contribution >= 0.6 is 27.5 Å². The molecule has 4 rings (SSSR count). The summed E-state index contributed by atoms with van der Waals surface area (Å²) in [5.41, 5.74) is 2.56. The van der Waals surface area contributed by atoms with E-state index in [-0.39, 0.29) is 11.8 Å². The highest BCUT2D eigenvalue weighted by Crippen LogP contribution is 2.29. The summed E-state index contributed by atoms with van der Waals surface area (Å²) in [6.45, 7) is 1.41. The number of hydrogen-bond acceptors (Lipinski definition) is 2. The molecular formula is C19H17BrClN3O. The molecule has 0 saturated carbocycles. The number of nitrogens with zero attached hydrogens (tertiary/aromatic N) is 2. The number of amides is 1. The lowest BCUT2D eigenvalue weighted by atomic mass is 9.96. The Morgan fingerprint density at radius 3 is 2.92 bits per heavy atom. The Morgan fingerprint density at radius 1 is 1.28 bits per heavy atom. The van der Waals surface area contributed by atoms with Crippen LogP contribution in [0.4, 0.5) is 0 Å². The van der Waals surface area contributed by atoms with Crippen molar-refractivity contribution >= 4 is 44.5 Å². The van der Waals surface area contributed by atoms with Crippen LogP contribution in [-0.2, 0) is 0 Å². The number of fused-ring (bicyclic) bond motifs is 1. The van der Waals surface area contributed by atoms with Gasteiger partial charge in [-0.25, -0.2) is 4.98 Å². The van der Waals surface area contributed by atoms with Crippen LogP contribution < -0.4 is 0 Å². The average molecular weight is 419 g/mol. The van der Waals surface area contributed by atoms with Gasteiger partial charge in [0.1, 0.15) is 5.82 Å². The van der Waals surface area contributed by atoms with Gasteiger partial charge in [0.15, 0.2) is 0 Å². The summed E-state index contributed by atoms with van der Waals surface area (Å²) in [4.78, 5) is 22.9. The number of benzene rings is 2. The minimum Gasteiger partial charge on any atom is -0.342 e. The zero-order valence-corrected chi connectivity index (χ0v) is 15.8. The van der Waals surface area contributed by atoms with Crippen LogP contribution in [-0.4, -0.2) is 33.9 Å². The van der Waals surface area contributed by atoms with Gasteiger partial charge in [0.05, 0.1) is 21.6 Å². The molecule has 0 bridgehead atoms. The fourth-order valence-electron chi connectivity index (χ4n) is 3.38. The van der Waals surface area contributed by atoms with Gasteiger partial charge in [0.2, 0.25) is 0 Å². The summed E-state index contributed by atoms with van der Waals surface area (Å²) in [6.07, 6.45) is 1.99. The van der Waals surface area contributed by atoms with Gasteiger partial charge < -0.3 is 9.88 Å². The number of halogens is 2. The van der Waals surface area contributed by atoms with Gasteiger partial charge in [0, 0.05) is 23.5 Å². The Bertz CT molecular complexity index is 906. The predicted octanol–water partition coefficient (Wildman–Crippen LogP) is 5.00. The largest absolute Gasteiger partial charge is 0.342 e. The predicted molar refractivity (Wildman–Crippen MR) is 103 cm³/mol. The van der Waals surface area contributed by atoms with E-state index < -0.39 is 0 Å². The van der Waals surface area contributed by atoms with Gasteiger partial charge in [0.25, 0.3) is 5.91 Å². The van der Waals surface area contributed by atoms with Gasteiger partial charge in [-0.3, -0.25) is 4.79 Å². The first-order valence-corrected chi connectivity index (χ1v) is 9.48. The van der Waals surface area contributed by atoms with Crippen molar-refractivity contribution in [3.05, 3.63) is 63.3 Å². The van der Waals surface area contributed by atoms with E-state index in [0.29, 0.717) is 17.1 Å². The minimum absolute atomic E-state index is 0.0155. The Morgan fingerprint density at radius 2 is 2.12 bits per heavy atom. The Hall–Kier alpha value is -1.85. The summed E-state index contributed by atoms with van der Waals surface area (Å²) in [7, 11) is 0. The fraction of sp³-hybridized carbons (Fsp3) is 0.263. The van der Waals surface area contributed by atoms with Crippen LogP contribution in [0.5, 0.6) is 0 Å². The smallest absolute Gasteiger partial charge is 0.255 e. The molecule has 1 aromatic heterocycles. The first-order chi connectivity index (χ1) is 12.1. The van der Waals surface area contributed by atoms with Crippen LogP contribution in [0, 0.1) is 0 Å². The Balaban J connectivity index is 1.57. The van der Waals surface area contributed by atoms with Crippen molar-refractivity contribution in [2.24, 2.45) is 0 Å². The molecule has 2 aromatic carbocycles. The van der Waals surface area contributed by atoms with E-state index in [1.54, 1.807) is 12.1 Å². The molecule has 0 radical (unpaired) electrons. The van der Waals surface area contributed by atoms with E-state index in [2.05, 4.69) is 20.9 Å². The molecule has 2 heterocycles. The van der Waals surface area contributed by atoms with Crippen molar-refractivity contribution in [2.75, 3.05) is 13.1 Å². The lowest BCUT2D eigenvalue weighted by molar-refractivity contribution is 0.0705. The first-order valence-electron chi connectivity index (χ1n) is 8.31. The van der Waals surface area contributed by atoms with E-state index in [1.165, 1.54) is 0 Å². The zero-order chi connectivity index (χ0) is 17.4. The number of likely N-dealkylation sites (tertiary alicyclic amines) is 1. The number of piperidine rings is 1. The van der Waals surface area contributed by atoms with Gasteiger partial charge in [-0.1, -0.05) is 39.7 Å². The molecule has 1 atom stereocenters. The number of hydrogen-bond donors (Lipinski definition) is 1. The van der Waals surface area contributed by atoms with Crippen molar-refractivity contribution in [3.8, 4) is 0 Å². The summed E-state index contributed by atoms with van der Waals surface area (Å²) < 4.78 is 0.868. The summed E-state index contributed by atoms with van der Waals surface area (Å²) >= 11 is 9.63. The number of aromatic amines is 1. The highest BCUT2D eigenvalue weighted by molar-refractivity contribution is 9.10. The van der Waals surface area contributed by atoms with Crippen molar-refractivity contribution in [1.29, 1.82) is 0 Å².